The van der Waals surface area contributed by atoms with Gasteiger partial charge in [-0.05, 0) is 51.4 Å². The highest BCUT2D eigenvalue weighted by Crippen LogP contribution is 2.33. The molecule has 0 radical (unpaired) electrons. The van der Waals surface area contributed by atoms with Crippen LogP contribution in [0.3, 0.4) is 0 Å². The lowest BCUT2D eigenvalue weighted by molar-refractivity contribution is -0.379. The Morgan fingerprint density at radius 3 is 1.51 bits per heavy atom. The number of aliphatic hydroxyl groups is 11. The Labute approximate surface area is 409 Å². The summed E-state index contributed by atoms with van der Waals surface area (Å²) < 4.78 is 34.0. The summed E-state index contributed by atoms with van der Waals surface area (Å²) in [6, 6.07) is -0.972. The minimum atomic E-state index is -1.98. The summed E-state index contributed by atoms with van der Waals surface area (Å²) in [5.41, 5.74) is 0. The van der Waals surface area contributed by atoms with E-state index < -0.39 is 124 Å². The molecule has 17 atom stereocenters. The predicted octanol–water partition coefficient (Wildman–Crippen LogP) is 1.81. The van der Waals surface area contributed by atoms with E-state index in [0.717, 1.165) is 96.3 Å². The van der Waals surface area contributed by atoms with Gasteiger partial charge in [0.2, 0.25) is 5.91 Å². The zero-order valence-electron chi connectivity index (χ0n) is 41.0. The largest absolute Gasteiger partial charge is 0.394 e. The van der Waals surface area contributed by atoms with Crippen LogP contribution in [0.2, 0.25) is 0 Å². The smallest absolute Gasteiger partial charge is 0.220 e. The second-order valence-electron chi connectivity index (χ2n) is 18.6. The maximum atomic E-state index is 13.2. The lowest BCUT2D eigenvalue weighted by Crippen LogP contribution is -2.66. The normalized spacial score (nSPS) is 33.1. The summed E-state index contributed by atoms with van der Waals surface area (Å²) in [7, 11) is 0. The fraction of sp³-hybridized carbons (Fsp3) is 0.860. The van der Waals surface area contributed by atoms with Crippen molar-refractivity contribution in [2.24, 2.45) is 0 Å². The average Bonchev–Trinajstić information content (AvgIpc) is 3.34. The Balaban J connectivity index is 1.52. The molecule has 3 aliphatic rings. The second-order valence-corrected chi connectivity index (χ2v) is 18.6. The van der Waals surface area contributed by atoms with Crippen LogP contribution in [-0.2, 0) is 33.2 Å². The van der Waals surface area contributed by atoms with Gasteiger partial charge in [-0.25, -0.2) is 0 Å². The summed E-state index contributed by atoms with van der Waals surface area (Å²) in [5.74, 6) is -0.291. The molecule has 17 unspecified atom stereocenters. The van der Waals surface area contributed by atoms with Crippen molar-refractivity contribution >= 4 is 5.91 Å². The monoisotopic (exact) mass is 992 g/mol. The summed E-state index contributed by atoms with van der Waals surface area (Å²) >= 11 is 0. The molecular formula is C50H89NO18. The van der Waals surface area contributed by atoms with Gasteiger partial charge in [-0.3, -0.25) is 4.79 Å². The van der Waals surface area contributed by atoms with Crippen LogP contribution < -0.4 is 5.32 Å². The third-order valence-electron chi connectivity index (χ3n) is 12.9. The highest BCUT2D eigenvalue weighted by molar-refractivity contribution is 5.76. The van der Waals surface area contributed by atoms with Gasteiger partial charge in [0, 0.05) is 6.42 Å². The fourth-order valence-electron chi connectivity index (χ4n) is 8.57. The Bertz CT molecular complexity index is 1420. The first-order valence-electron chi connectivity index (χ1n) is 25.7. The summed E-state index contributed by atoms with van der Waals surface area (Å²) in [6.45, 7) is 1.58. The van der Waals surface area contributed by atoms with Crippen molar-refractivity contribution in [3.8, 4) is 0 Å². The number of unbranched alkanes of at least 4 members (excludes halogenated alkanes) is 15. The van der Waals surface area contributed by atoms with Crippen molar-refractivity contribution in [3.05, 3.63) is 36.5 Å². The molecule has 0 aromatic rings. The molecule has 0 aromatic carbocycles. The van der Waals surface area contributed by atoms with Gasteiger partial charge < -0.3 is 89.9 Å². The van der Waals surface area contributed by atoms with E-state index in [1.807, 2.05) is 6.08 Å². The van der Waals surface area contributed by atoms with Gasteiger partial charge in [0.25, 0.3) is 0 Å². The van der Waals surface area contributed by atoms with Crippen molar-refractivity contribution in [2.75, 3.05) is 26.4 Å². The van der Waals surface area contributed by atoms with Crippen LogP contribution in [0.4, 0.5) is 0 Å². The average molecular weight is 992 g/mol. The summed E-state index contributed by atoms with van der Waals surface area (Å²) in [5, 5.41) is 119. The van der Waals surface area contributed by atoms with Gasteiger partial charge in [-0.15, -0.1) is 0 Å². The number of aliphatic hydroxyl groups excluding tert-OH is 11. The molecule has 0 saturated carbocycles. The second kappa shape index (κ2) is 35.2. The maximum absolute atomic E-state index is 13.2. The molecule has 19 heteroatoms. The SMILES string of the molecule is CCCCC/C=C\C/C=C\CCCCCCCCCC(=O)NC(COC1OC(CO)C(OC2OC(CO)C(OC3OC(CO)C(O)C(O)C3O)C(O)C2O)C(O)C1O)C(O)/C=C/CCCCCCC. The van der Waals surface area contributed by atoms with Gasteiger partial charge in [-0.1, -0.05) is 121 Å². The number of ether oxygens (including phenoxy) is 6. The number of rotatable bonds is 35. The Kier molecular flexibility index (Phi) is 31.3. The topological polar surface area (TPSA) is 307 Å². The Hall–Kier alpha value is -1.99. The lowest BCUT2D eigenvalue weighted by Gasteiger charge is -2.48. The van der Waals surface area contributed by atoms with E-state index in [0.29, 0.717) is 6.42 Å². The van der Waals surface area contributed by atoms with Crippen LogP contribution >= 0.6 is 0 Å². The van der Waals surface area contributed by atoms with Crippen LogP contribution in [0.25, 0.3) is 0 Å². The molecule has 402 valence electrons. The van der Waals surface area contributed by atoms with Gasteiger partial charge in [0.1, 0.15) is 73.2 Å². The molecular weight excluding hydrogens is 903 g/mol. The molecule has 1 amide bonds. The quantitative estimate of drug-likeness (QED) is 0.0318. The van der Waals surface area contributed by atoms with E-state index in [9.17, 15) is 61.0 Å². The number of hydrogen-bond acceptors (Lipinski definition) is 18. The highest BCUT2D eigenvalue weighted by Gasteiger charge is 2.53. The lowest BCUT2D eigenvalue weighted by atomic mass is 9.96. The zero-order valence-corrected chi connectivity index (χ0v) is 41.0. The number of carbonyl (C=O) groups excluding carboxylic acids is 1. The van der Waals surface area contributed by atoms with Gasteiger partial charge in [0.05, 0.1) is 38.6 Å². The maximum Gasteiger partial charge on any atom is 0.220 e. The minimum absolute atomic E-state index is 0.233. The molecule has 0 spiro atoms. The molecule has 3 rings (SSSR count). The molecule has 3 fully saturated rings. The first kappa shape index (κ1) is 61.3. The van der Waals surface area contributed by atoms with E-state index in [-0.39, 0.29) is 18.9 Å². The number of carbonyl (C=O) groups is 1. The number of amides is 1. The molecule has 0 aromatic heterocycles. The van der Waals surface area contributed by atoms with Crippen molar-refractivity contribution in [1.82, 2.24) is 5.32 Å². The number of nitrogens with one attached hydrogen (secondary N) is 1. The van der Waals surface area contributed by atoms with Crippen molar-refractivity contribution in [2.45, 2.75) is 247 Å². The minimum Gasteiger partial charge on any atom is -0.394 e. The third kappa shape index (κ3) is 21.2. The molecule has 3 aliphatic heterocycles. The molecule has 12 N–H and O–H groups in total. The van der Waals surface area contributed by atoms with E-state index in [4.69, 9.17) is 28.4 Å². The third-order valence-corrected chi connectivity index (χ3v) is 12.9. The van der Waals surface area contributed by atoms with E-state index in [2.05, 4.69) is 43.5 Å². The summed E-state index contributed by atoms with van der Waals surface area (Å²) in [6.07, 6.45) is 6.08. The van der Waals surface area contributed by atoms with Gasteiger partial charge in [-0.2, -0.15) is 0 Å². The fourth-order valence-corrected chi connectivity index (χ4v) is 8.57. The molecule has 3 heterocycles. The Morgan fingerprint density at radius 2 is 0.957 bits per heavy atom. The van der Waals surface area contributed by atoms with E-state index in [1.165, 1.54) is 19.3 Å². The number of hydrogen-bond donors (Lipinski definition) is 12. The predicted molar refractivity (Wildman–Crippen MR) is 254 cm³/mol. The summed E-state index contributed by atoms with van der Waals surface area (Å²) in [4.78, 5) is 13.2. The van der Waals surface area contributed by atoms with E-state index >= 15 is 0 Å². The zero-order chi connectivity index (χ0) is 50.6. The van der Waals surface area contributed by atoms with E-state index in [1.54, 1.807) is 6.08 Å². The van der Waals surface area contributed by atoms with Crippen LogP contribution in [0.15, 0.2) is 36.5 Å². The van der Waals surface area contributed by atoms with Crippen molar-refractivity contribution in [1.29, 1.82) is 0 Å². The van der Waals surface area contributed by atoms with Crippen LogP contribution in [-0.4, -0.2) is 193 Å². The van der Waals surface area contributed by atoms with Crippen molar-refractivity contribution in [3.63, 3.8) is 0 Å². The van der Waals surface area contributed by atoms with Crippen LogP contribution in [0.5, 0.6) is 0 Å². The first-order valence-corrected chi connectivity index (χ1v) is 25.7. The number of allylic oxidation sites excluding steroid dienone is 5. The molecule has 69 heavy (non-hydrogen) atoms. The highest BCUT2D eigenvalue weighted by atomic mass is 16.8. The molecule has 0 aliphatic carbocycles. The molecule has 0 bridgehead atoms. The first-order chi connectivity index (χ1) is 33.3. The van der Waals surface area contributed by atoms with Gasteiger partial charge in [0.15, 0.2) is 18.9 Å². The van der Waals surface area contributed by atoms with Crippen LogP contribution in [0.1, 0.15) is 142 Å². The van der Waals surface area contributed by atoms with Gasteiger partial charge >= 0.3 is 0 Å². The molecule has 3 saturated heterocycles. The standard InChI is InChI=1S/C50H89NO18/c1-3-5-7-9-11-12-13-14-15-16-17-18-19-20-22-24-26-28-38(56)51-33(34(55)27-25-23-21-10-8-6-4-2)32-64-48-44(62)41(59)46(36(30-53)66-48)69-50-45(63)42(60)47(37(31-54)67-50)68-49-43(61)40(58)39(57)35(29-52)65-49/h11-12,14-15,25,27,33-37,39-50,52-55,57-63H,3-10,13,16-24,26,28-32H2,1-2H3,(H,51,56)/b12-11-,15-14-,27-25+. The Morgan fingerprint density at radius 1 is 0.522 bits per heavy atom. The van der Waals surface area contributed by atoms with Crippen LogP contribution in [0, 0.1) is 0 Å². The molecule has 19 nitrogen and oxygen atoms in total. The van der Waals surface area contributed by atoms with Crippen molar-refractivity contribution < 1.29 is 89.4 Å².